The summed E-state index contributed by atoms with van der Waals surface area (Å²) in [7, 11) is 0. The topological polar surface area (TPSA) is 40.6 Å². The number of carbonyl (C=O) groups excluding carboxylic acids is 2. The highest BCUT2D eigenvalue weighted by Crippen LogP contribution is 2.44. The molecular weight excluding hydrogens is 368 g/mol. The van der Waals surface area contributed by atoms with E-state index in [1.54, 1.807) is 0 Å². The van der Waals surface area contributed by atoms with Gasteiger partial charge in [-0.15, -0.1) is 11.8 Å². The van der Waals surface area contributed by atoms with Crippen LogP contribution in [-0.4, -0.2) is 51.9 Å². The predicted octanol–water partition coefficient (Wildman–Crippen LogP) is 3.83. The third-order valence-electron chi connectivity index (χ3n) is 5.80. The van der Waals surface area contributed by atoms with Gasteiger partial charge >= 0.3 is 0 Å². The summed E-state index contributed by atoms with van der Waals surface area (Å²) in [6, 6.07) is 19.7. The Balaban J connectivity index is 1.37. The number of aryl methyl sites for hydroxylation is 1. The zero-order chi connectivity index (χ0) is 19.4. The number of piperidine rings is 1. The summed E-state index contributed by atoms with van der Waals surface area (Å²) in [5, 5.41) is 0. The average molecular weight is 395 g/mol. The lowest BCUT2D eigenvalue weighted by atomic mass is 10.00. The molecule has 2 aromatic rings. The van der Waals surface area contributed by atoms with Gasteiger partial charge in [0.2, 0.25) is 5.91 Å². The van der Waals surface area contributed by atoms with Crippen LogP contribution in [0.15, 0.2) is 60.7 Å². The van der Waals surface area contributed by atoms with Crippen LogP contribution < -0.4 is 0 Å². The van der Waals surface area contributed by atoms with Gasteiger partial charge in [-0.3, -0.25) is 9.59 Å². The normalized spacial score (nSPS) is 18.4. The molecule has 0 N–H and O–H groups in total. The van der Waals surface area contributed by atoms with Gasteiger partial charge in [0.15, 0.2) is 0 Å². The molecule has 2 fully saturated rings. The van der Waals surface area contributed by atoms with Crippen molar-refractivity contribution < 1.29 is 9.59 Å². The van der Waals surface area contributed by atoms with Crippen molar-refractivity contribution in [3.05, 3.63) is 71.8 Å². The standard InChI is InChI=1S/C23H26N2O2S/c26-21(12-11-19-7-3-1-4-8-19)25-17-18-28-23(25)13-15-24(16-14-23)22(27)20-9-5-2-6-10-20/h1-10H,11-18H2. The maximum atomic E-state index is 13.0. The number of thioether (sulfide) groups is 1. The van der Waals surface area contributed by atoms with E-state index in [1.165, 1.54) is 5.56 Å². The molecule has 0 aliphatic carbocycles. The van der Waals surface area contributed by atoms with E-state index < -0.39 is 0 Å². The highest BCUT2D eigenvalue weighted by atomic mass is 32.2. The first-order chi connectivity index (χ1) is 13.7. The SMILES string of the molecule is O=C(c1ccccc1)N1CCC2(CC1)SCCN2C(=O)CCc1ccccc1. The molecule has 146 valence electrons. The Labute approximate surface area is 170 Å². The second-order valence-corrected chi connectivity index (χ2v) is 8.94. The molecule has 2 aliphatic heterocycles. The molecule has 2 aromatic carbocycles. The van der Waals surface area contributed by atoms with Crippen LogP contribution in [0.1, 0.15) is 35.2 Å². The molecule has 5 heteroatoms. The van der Waals surface area contributed by atoms with Crippen molar-refractivity contribution in [3.63, 3.8) is 0 Å². The Morgan fingerprint density at radius 3 is 2.21 bits per heavy atom. The van der Waals surface area contributed by atoms with E-state index in [0.717, 1.165) is 37.1 Å². The van der Waals surface area contributed by atoms with Crippen LogP contribution in [0.25, 0.3) is 0 Å². The number of likely N-dealkylation sites (tertiary alicyclic amines) is 1. The molecule has 4 rings (SSSR count). The van der Waals surface area contributed by atoms with Crippen LogP contribution in [0.4, 0.5) is 0 Å². The Hall–Kier alpha value is -2.27. The van der Waals surface area contributed by atoms with Gasteiger partial charge in [0.25, 0.3) is 5.91 Å². The number of rotatable bonds is 4. The summed E-state index contributed by atoms with van der Waals surface area (Å²) in [6.45, 7) is 2.25. The number of amides is 2. The van der Waals surface area contributed by atoms with Gasteiger partial charge in [-0.25, -0.2) is 0 Å². The summed E-state index contributed by atoms with van der Waals surface area (Å²) < 4.78 is 0. The van der Waals surface area contributed by atoms with Gasteiger partial charge in [-0.05, 0) is 37.0 Å². The predicted molar refractivity (Wildman–Crippen MR) is 113 cm³/mol. The molecule has 28 heavy (non-hydrogen) atoms. The Morgan fingerprint density at radius 2 is 1.54 bits per heavy atom. The first kappa shape index (κ1) is 19.1. The summed E-state index contributed by atoms with van der Waals surface area (Å²) >= 11 is 1.90. The van der Waals surface area contributed by atoms with E-state index >= 15 is 0 Å². The van der Waals surface area contributed by atoms with E-state index in [-0.39, 0.29) is 16.7 Å². The molecule has 4 nitrogen and oxygen atoms in total. The van der Waals surface area contributed by atoms with Crippen molar-refractivity contribution in [1.29, 1.82) is 0 Å². The van der Waals surface area contributed by atoms with Crippen molar-refractivity contribution in [2.75, 3.05) is 25.4 Å². The van der Waals surface area contributed by atoms with Gasteiger partial charge in [0.1, 0.15) is 0 Å². The van der Waals surface area contributed by atoms with Crippen molar-refractivity contribution in [1.82, 2.24) is 9.80 Å². The monoisotopic (exact) mass is 394 g/mol. The maximum Gasteiger partial charge on any atom is 0.253 e. The Bertz CT molecular complexity index is 817. The van der Waals surface area contributed by atoms with E-state index in [9.17, 15) is 9.59 Å². The molecule has 1 spiro atoms. The molecule has 0 saturated carbocycles. The lowest BCUT2D eigenvalue weighted by Gasteiger charge is -2.44. The van der Waals surface area contributed by atoms with Crippen LogP contribution in [0.3, 0.4) is 0 Å². The van der Waals surface area contributed by atoms with E-state index in [0.29, 0.717) is 19.5 Å². The highest BCUT2D eigenvalue weighted by Gasteiger charge is 2.46. The van der Waals surface area contributed by atoms with Gasteiger partial charge in [0, 0.05) is 37.4 Å². The van der Waals surface area contributed by atoms with Crippen molar-refractivity contribution in [2.24, 2.45) is 0 Å². The molecule has 0 bridgehead atoms. The summed E-state index contributed by atoms with van der Waals surface area (Å²) in [6.07, 6.45) is 3.05. The fourth-order valence-corrected chi connectivity index (χ4v) is 5.70. The minimum Gasteiger partial charge on any atom is -0.338 e. The van der Waals surface area contributed by atoms with Gasteiger partial charge < -0.3 is 9.80 Å². The highest BCUT2D eigenvalue weighted by molar-refractivity contribution is 8.00. The van der Waals surface area contributed by atoms with Crippen LogP contribution in [-0.2, 0) is 11.2 Å². The van der Waals surface area contributed by atoms with E-state index in [2.05, 4.69) is 17.0 Å². The fourth-order valence-electron chi connectivity index (χ4n) is 4.23. The molecule has 2 aliphatic rings. The first-order valence-corrected chi connectivity index (χ1v) is 11.0. The van der Waals surface area contributed by atoms with Crippen molar-refractivity contribution >= 4 is 23.6 Å². The lowest BCUT2D eigenvalue weighted by Crippen LogP contribution is -2.53. The minimum atomic E-state index is -0.124. The second-order valence-electron chi connectivity index (χ2n) is 7.48. The van der Waals surface area contributed by atoms with Crippen molar-refractivity contribution in [2.45, 2.75) is 30.6 Å². The molecule has 0 aromatic heterocycles. The maximum absolute atomic E-state index is 13.0. The summed E-state index contributed by atoms with van der Waals surface area (Å²) in [4.78, 5) is 29.6. The Morgan fingerprint density at radius 1 is 0.893 bits per heavy atom. The number of hydrogen-bond acceptors (Lipinski definition) is 3. The smallest absolute Gasteiger partial charge is 0.253 e. The quantitative estimate of drug-likeness (QED) is 0.791. The minimum absolute atomic E-state index is 0.0976. The number of benzene rings is 2. The third kappa shape index (κ3) is 3.95. The molecule has 2 heterocycles. The van der Waals surface area contributed by atoms with Crippen LogP contribution >= 0.6 is 11.8 Å². The zero-order valence-electron chi connectivity index (χ0n) is 16.0. The number of hydrogen-bond donors (Lipinski definition) is 0. The zero-order valence-corrected chi connectivity index (χ0v) is 16.9. The first-order valence-electron chi connectivity index (χ1n) is 10.0. The van der Waals surface area contributed by atoms with Crippen LogP contribution in [0.2, 0.25) is 0 Å². The van der Waals surface area contributed by atoms with Crippen LogP contribution in [0, 0.1) is 0 Å². The molecule has 2 saturated heterocycles. The molecule has 0 radical (unpaired) electrons. The average Bonchev–Trinajstić information content (AvgIpc) is 3.16. The lowest BCUT2D eigenvalue weighted by molar-refractivity contribution is -0.134. The summed E-state index contributed by atoms with van der Waals surface area (Å²) in [5.41, 5.74) is 1.95. The van der Waals surface area contributed by atoms with Gasteiger partial charge in [-0.2, -0.15) is 0 Å². The number of nitrogens with zero attached hydrogens (tertiary/aromatic N) is 2. The third-order valence-corrected chi connectivity index (χ3v) is 7.35. The fraction of sp³-hybridized carbons (Fsp3) is 0.391. The van der Waals surface area contributed by atoms with E-state index in [4.69, 9.17) is 0 Å². The van der Waals surface area contributed by atoms with Crippen LogP contribution in [0.5, 0.6) is 0 Å². The van der Waals surface area contributed by atoms with Crippen molar-refractivity contribution in [3.8, 4) is 0 Å². The number of carbonyl (C=O) groups is 2. The molecular formula is C23H26N2O2S. The molecule has 2 amide bonds. The van der Waals surface area contributed by atoms with Gasteiger partial charge in [-0.1, -0.05) is 48.5 Å². The Kier molecular flexibility index (Phi) is 5.72. The second kappa shape index (κ2) is 8.39. The van der Waals surface area contributed by atoms with Gasteiger partial charge in [0.05, 0.1) is 4.87 Å². The molecule has 0 atom stereocenters. The molecule has 0 unspecified atom stereocenters. The summed E-state index contributed by atoms with van der Waals surface area (Å²) in [5.74, 6) is 1.33. The van der Waals surface area contributed by atoms with E-state index in [1.807, 2.05) is 65.2 Å². The largest absolute Gasteiger partial charge is 0.338 e.